The summed E-state index contributed by atoms with van der Waals surface area (Å²) >= 11 is 0. The van der Waals surface area contributed by atoms with Gasteiger partial charge in [0.1, 0.15) is 0 Å². The number of hydrogen-bond donors (Lipinski definition) is 0. The molecule has 0 spiro atoms. The average Bonchev–Trinajstić information content (AvgIpc) is 2.91. The van der Waals surface area contributed by atoms with Crippen LogP contribution in [0, 0.1) is 11.3 Å². The molecule has 0 N–H and O–H groups in total. The van der Waals surface area contributed by atoms with E-state index in [0.29, 0.717) is 17.7 Å². The highest BCUT2D eigenvalue weighted by molar-refractivity contribution is 5.93. The number of hydrogen-bond acceptors (Lipinski definition) is 3. The minimum atomic E-state index is 0.0103. The summed E-state index contributed by atoms with van der Waals surface area (Å²) in [5.41, 5.74) is 2.29. The molecule has 4 heteroatoms. The summed E-state index contributed by atoms with van der Waals surface area (Å²) in [5.74, 6) is 0.0103. The van der Waals surface area contributed by atoms with E-state index in [9.17, 15) is 4.79 Å². The van der Waals surface area contributed by atoms with Gasteiger partial charge in [0.15, 0.2) is 5.78 Å². The molecule has 19 heavy (non-hydrogen) atoms. The van der Waals surface area contributed by atoms with Gasteiger partial charge in [0.2, 0.25) is 0 Å². The van der Waals surface area contributed by atoms with Crippen LogP contribution in [0.2, 0.25) is 0 Å². The van der Waals surface area contributed by atoms with Crippen molar-refractivity contribution < 1.29 is 4.79 Å². The van der Waals surface area contributed by atoms with Gasteiger partial charge in [-0.3, -0.25) is 9.48 Å². The minimum Gasteiger partial charge on any atom is -0.294 e. The maximum atomic E-state index is 11.1. The van der Waals surface area contributed by atoms with Gasteiger partial charge in [0.25, 0.3) is 0 Å². The fourth-order valence-corrected chi connectivity index (χ4v) is 1.50. The molecular formula is C15H17N3O. The summed E-state index contributed by atoms with van der Waals surface area (Å²) in [7, 11) is 0. The van der Waals surface area contributed by atoms with E-state index in [1.807, 2.05) is 26.0 Å². The fourth-order valence-electron chi connectivity index (χ4n) is 1.50. The molecular weight excluding hydrogens is 238 g/mol. The van der Waals surface area contributed by atoms with Crippen LogP contribution >= 0.6 is 0 Å². The number of benzene rings is 1. The van der Waals surface area contributed by atoms with Gasteiger partial charge in [-0.1, -0.05) is 26.0 Å². The summed E-state index contributed by atoms with van der Waals surface area (Å²) in [5, 5.41) is 12.8. The summed E-state index contributed by atoms with van der Waals surface area (Å²) in [6.07, 6.45) is 3.28. The molecule has 0 aliphatic carbocycles. The Morgan fingerprint density at radius 1 is 1.32 bits per heavy atom. The van der Waals surface area contributed by atoms with Crippen LogP contribution in [0.25, 0.3) is 0 Å². The van der Waals surface area contributed by atoms with Crippen molar-refractivity contribution in [2.45, 2.75) is 27.3 Å². The Balaban J connectivity index is 0.000000861. The molecule has 0 saturated carbocycles. The molecule has 0 amide bonds. The molecule has 98 valence electrons. The van der Waals surface area contributed by atoms with Gasteiger partial charge in [0, 0.05) is 6.20 Å². The van der Waals surface area contributed by atoms with Crippen LogP contribution in [0.3, 0.4) is 0 Å². The SMILES string of the molecule is CC.CC(=O)c1cnn(Cc2ccc(C#N)cc2)c1. The summed E-state index contributed by atoms with van der Waals surface area (Å²) in [6.45, 7) is 6.11. The van der Waals surface area contributed by atoms with Crippen LogP contribution in [-0.2, 0) is 6.54 Å². The molecule has 0 saturated heterocycles. The topological polar surface area (TPSA) is 58.7 Å². The van der Waals surface area contributed by atoms with Crippen molar-refractivity contribution in [2.24, 2.45) is 0 Å². The van der Waals surface area contributed by atoms with Crippen molar-refractivity contribution in [3.8, 4) is 6.07 Å². The molecule has 1 heterocycles. The lowest BCUT2D eigenvalue weighted by Crippen LogP contribution is -2.00. The summed E-state index contributed by atoms with van der Waals surface area (Å²) in [6, 6.07) is 9.37. The van der Waals surface area contributed by atoms with Crippen LogP contribution in [0.1, 0.15) is 42.3 Å². The molecule has 0 radical (unpaired) electrons. The lowest BCUT2D eigenvalue weighted by Gasteiger charge is -2.01. The molecule has 4 nitrogen and oxygen atoms in total. The third kappa shape index (κ3) is 4.07. The Hall–Kier alpha value is -2.41. The first kappa shape index (κ1) is 14.7. The van der Waals surface area contributed by atoms with Gasteiger partial charge < -0.3 is 0 Å². The summed E-state index contributed by atoms with van der Waals surface area (Å²) < 4.78 is 1.71. The molecule has 0 bridgehead atoms. The molecule has 1 aromatic heterocycles. The maximum absolute atomic E-state index is 11.1. The van der Waals surface area contributed by atoms with E-state index in [-0.39, 0.29) is 5.78 Å². The second-order valence-corrected chi connectivity index (χ2v) is 3.79. The first-order valence-electron chi connectivity index (χ1n) is 6.21. The van der Waals surface area contributed by atoms with Gasteiger partial charge in [-0.25, -0.2) is 0 Å². The number of carbonyl (C=O) groups is 1. The normalized spacial score (nSPS) is 9.16. The van der Waals surface area contributed by atoms with Crippen molar-refractivity contribution in [2.75, 3.05) is 0 Å². The van der Waals surface area contributed by atoms with Gasteiger partial charge in [-0.2, -0.15) is 10.4 Å². The van der Waals surface area contributed by atoms with Gasteiger partial charge in [-0.15, -0.1) is 0 Å². The Morgan fingerprint density at radius 3 is 2.42 bits per heavy atom. The fraction of sp³-hybridized carbons (Fsp3) is 0.267. The zero-order chi connectivity index (χ0) is 14.3. The Morgan fingerprint density at radius 2 is 1.95 bits per heavy atom. The van der Waals surface area contributed by atoms with Crippen LogP contribution in [-0.4, -0.2) is 15.6 Å². The smallest absolute Gasteiger partial charge is 0.162 e. The Labute approximate surface area is 113 Å². The molecule has 2 aromatic rings. The molecule has 0 aliphatic heterocycles. The van der Waals surface area contributed by atoms with Crippen LogP contribution < -0.4 is 0 Å². The van der Waals surface area contributed by atoms with Gasteiger partial charge in [-0.05, 0) is 24.6 Å². The number of ketones is 1. The lowest BCUT2D eigenvalue weighted by atomic mass is 10.1. The van der Waals surface area contributed by atoms with Crippen molar-refractivity contribution in [3.63, 3.8) is 0 Å². The first-order valence-corrected chi connectivity index (χ1v) is 6.21. The largest absolute Gasteiger partial charge is 0.294 e. The standard InChI is InChI=1S/C13H11N3O.C2H6/c1-10(17)13-7-15-16(9-13)8-12-4-2-11(6-14)3-5-12;1-2/h2-5,7,9H,8H2,1H3;1-2H3. The predicted molar refractivity (Wildman–Crippen MR) is 73.8 cm³/mol. The molecule has 0 aliphatic rings. The lowest BCUT2D eigenvalue weighted by molar-refractivity contribution is 0.101. The molecule has 0 fully saturated rings. The summed E-state index contributed by atoms with van der Waals surface area (Å²) in [4.78, 5) is 11.1. The van der Waals surface area contributed by atoms with E-state index in [1.165, 1.54) is 6.92 Å². The molecule has 1 aromatic carbocycles. The zero-order valence-electron chi connectivity index (χ0n) is 11.4. The van der Waals surface area contributed by atoms with E-state index >= 15 is 0 Å². The second kappa shape index (κ2) is 7.12. The monoisotopic (exact) mass is 255 g/mol. The Bertz CT molecular complexity index is 576. The number of rotatable bonds is 3. The van der Waals surface area contributed by atoms with E-state index in [2.05, 4.69) is 11.2 Å². The highest BCUT2D eigenvalue weighted by Crippen LogP contribution is 2.06. The molecule has 2 rings (SSSR count). The second-order valence-electron chi connectivity index (χ2n) is 3.79. The number of aromatic nitrogens is 2. The van der Waals surface area contributed by atoms with E-state index in [1.54, 1.807) is 29.2 Å². The van der Waals surface area contributed by atoms with E-state index < -0.39 is 0 Å². The number of carbonyl (C=O) groups excluding carboxylic acids is 1. The van der Waals surface area contributed by atoms with E-state index in [4.69, 9.17) is 5.26 Å². The van der Waals surface area contributed by atoms with Crippen molar-refractivity contribution in [1.29, 1.82) is 5.26 Å². The number of nitrogens with zero attached hydrogens (tertiary/aromatic N) is 3. The molecule has 0 unspecified atom stereocenters. The maximum Gasteiger partial charge on any atom is 0.162 e. The highest BCUT2D eigenvalue weighted by Gasteiger charge is 2.03. The van der Waals surface area contributed by atoms with Crippen molar-refractivity contribution in [3.05, 3.63) is 53.3 Å². The third-order valence-corrected chi connectivity index (χ3v) is 2.47. The quantitative estimate of drug-likeness (QED) is 0.792. The van der Waals surface area contributed by atoms with E-state index in [0.717, 1.165) is 5.56 Å². The van der Waals surface area contributed by atoms with Crippen LogP contribution in [0.5, 0.6) is 0 Å². The highest BCUT2D eigenvalue weighted by atomic mass is 16.1. The van der Waals surface area contributed by atoms with Crippen molar-refractivity contribution >= 4 is 5.78 Å². The first-order chi connectivity index (χ1) is 9.19. The number of Topliss-reactive ketones (excluding diaryl/α,β-unsaturated/α-hetero) is 1. The average molecular weight is 255 g/mol. The van der Waals surface area contributed by atoms with Crippen molar-refractivity contribution in [1.82, 2.24) is 9.78 Å². The molecule has 0 atom stereocenters. The zero-order valence-corrected chi connectivity index (χ0v) is 11.4. The minimum absolute atomic E-state index is 0.0103. The predicted octanol–water partition coefficient (Wildman–Crippen LogP) is 3.03. The van der Waals surface area contributed by atoms with Crippen LogP contribution in [0.4, 0.5) is 0 Å². The third-order valence-electron chi connectivity index (χ3n) is 2.47. The van der Waals surface area contributed by atoms with Crippen LogP contribution in [0.15, 0.2) is 36.7 Å². The number of nitriles is 1. The van der Waals surface area contributed by atoms with Gasteiger partial charge in [0.05, 0.1) is 29.9 Å². The van der Waals surface area contributed by atoms with Gasteiger partial charge >= 0.3 is 0 Å². The Kier molecular flexibility index (Phi) is 5.49.